The first-order valence-corrected chi connectivity index (χ1v) is 8.05. The first-order chi connectivity index (χ1) is 8.92. The lowest BCUT2D eigenvalue weighted by molar-refractivity contribution is 0.260. The summed E-state index contributed by atoms with van der Waals surface area (Å²) in [5.41, 5.74) is 1.74. The van der Waals surface area contributed by atoms with Crippen LogP contribution in [0.5, 0.6) is 0 Å². The van der Waals surface area contributed by atoms with E-state index in [1.165, 1.54) is 77.5 Å². The maximum absolute atomic E-state index is 3.76. The summed E-state index contributed by atoms with van der Waals surface area (Å²) in [7, 11) is 0. The Kier molecular flexibility index (Phi) is 4.37. The van der Waals surface area contributed by atoms with Crippen molar-refractivity contribution in [2.75, 3.05) is 26.2 Å². The molecule has 0 aromatic heterocycles. The summed E-state index contributed by atoms with van der Waals surface area (Å²) < 4.78 is 0. The molecule has 2 fully saturated rings. The summed E-state index contributed by atoms with van der Waals surface area (Å²) in [5, 5.41) is 3.76. The molecule has 3 aliphatic rings. The molecule has 0 aromatic rings. The van der Waals surface area contributed by atoms with Crippen LogP contribution in [0, 0.1) is 5.92 Å². The molecule has 2 aliphatic carbocycles. The number of rotatable bonds is 4. The fourth-order valence-corrected chi connectivity index (χ4v) is 3.47. The maximum atomic E-state index is 3.76. The molecule has 2 heteroatoms. The second kappa shape index (κ2) is 6.21. The number of hydrogen-bond donors (Lipinski definition) is 1. The quantitative estimate of drug-likeness (QED) is 0.770. The Bertz CT molecular complexity index is 293. The molecule has 18 heavy (non-hydrogen) atoms. The van der Waals surface area contributed by atoms with Crippen LogP contribution in [0.2, 0.25) is 0 Å². The minimum atomic E-state index is 0.799. The van der Waals surface area contributed by atoms with Crippen LogP contribution < -0.4 is 5.32 Å². The van der Waals surface area contributed by atoms with Crippen LogP contribution in [0.4, 0.5) is 0 Å². The molecule has 1 atom stereocenters. The Hall–Kier alpha value is -0.340. The second-order valence-corrected chi connectivity index (χ2v) is 6.41. The van der Waals surface area contributed by atoms with Crippen LogP contribution in [0.25, 0.3) is 0 Å². The molecule has 102 valence electrons. The van der Waals surface area contributed by atoms with E-state index >= 15 is 0 Å². The minimum Gasteiger partial charge on any atom is -0.312 e. The lowest BCUT2D eigenvalue weighted by Gasteiger charge is -2.25. The average Bonchev–Trinajstić information content (AvgIpc) is 3.24. The highest BCUT2D eigenvalue weighted by Crippen LogP contribution is 2.33. The normalized spacial score (nSPS) is 30.9. The van der Waals surface area contributed by atoms with E-state index in [4.69, 9.17) is 0 Å². The van der Waals surface area contributed by atoms with Crippen molar-refractivity contribution in [1.82, 2.24) is 10.2 Å². The molecule has 0 radical (unpaired) electrons. The fourth-order valence-electron chi connectivity index (χ4n) is 3.47. The van der Waals surface area contributed by atoms with Gasteiger partial charge in [0.05, 0.1) is 0 Å². The molecular weight excluding hydrogens is 220 g/mol. The zero-order chi connectivity index (χ0) is 12.2. The average molecular weight is 248 g/mol. The third kappa shape index (κ3) is 3.58. The minimum absolute atomic E-state index is 0.799. The molecule has 2 nitrogen and oxygen atoms in total. The van der Waals surface area contributed by atoms with E-state index in [-0.39, 0.29) is 0 Å². The molecular formula is C16H28N2. The Labute approximate surface area is 112 Å². The molecule has 1 N–H and O–H groups in total. The largest absolute Gasteiger partial charge is 0.312 e. The van der Waals surface area contributed by atoms with Crippen LogP contribution in [-0.4, -0.2) is 37.1 Å². The SMILES string of the molecule is C1=C(CCN2CCCNC(C3CC3)C2)CCCC1. The third-order valence-corrected chi connectivity index (χ3v) is 4.84. The summed E-state index contributed by atoms with van der Waals surface area (Å²) >= 11 is 0. The van der Waals surface area contributed by atoms with Crippen LogP contribution in [0.15, 0.2) is 11.6 Å². The van der Waals surface area contributed by atoms with Crippen LogP contribution in [0.3, 0.4) is 0 Å². The van der Waals surface area contributed by atoms with E-state index in [0.717, 1.165) is 12.0 Å². The summed E-state index contributed by atoms with van der Waals surface area (Å²) in [4.78, 5) is 2.72. The van der Waals surface area contributed by atoms with Gasteiger partial charge in [0, 0.05) is 19.1 Å². The van der Waals surface area contributed by atoms with Gasteiger partial charge in [0.1, 0.15) is 0 Å². The van der Waals surface area contributed by atoms with Gasteiger partial charge in [-0.15, -0.1) is 0 Å². The van der Waals surface area contributed by atoms with Crippen molar-refractivity contribution >= 4 is 0 Å². The van der Waals surface area contributed by atoms with Crippen molar-refractivity contribution in [1.29, 1.82) is 0 Å². The van der Waals surface area contributed by atoms with E-state index in [2.05, 4.69) is 16.3 Å². The van der Waals surface area contributed by atoms with E-state index in [1.54, 1.807) is 5.57 Å². The Morgan fingerprint density at radius 3 is 2.94 bits per heavy atom. The van der Waals surface area contributed by atoms with Crippen LogP contribution in [0.1, 0.15) is 51.4 Å². The van der Waals surface area contributed by atoms with Crippen molar-refractivity contribution in [3.8, 4) is 0 Å². The fraction of sp³-hybridized carbons (Fsp3) is 0.875. The Balaban J connectivity index is 1.46. The Morgan fingerprint density at radius 1 is 1.22 bits per heavy atom. The first-order valence-electron chi connectivity index (χ1n) is 8.05. The number of hydrogen-bond acceptors (Lipinski definition) is 2. The monoisotopic (exact) mass is 248 g/mol. The van der Waals surface area contributed by atoms with E-state index in [9.17, 15) is 0 Å². The number of nitrogens with one attached hydrogen (secondary N) is 1. The number of nitrogens with zero attached hydrogens (tertiary/aromatic N) is 1. The summed E-state index contributed by atoms with van der Waals surface area (Å²) in [6.45, 7) is 5.15. The highest BCUT2D eigenvalue weighted by molar-refractivity contribution is 5.05. The lowest BCUT2D eigenvalue weighted by atomic mass is 9.97. The van der Waals surface area contributed by atoms with Crippen molar-refractivity contribution in [2.45, 2.75) is 57.4 Å². The van der Waals surface area contributed by atoms with Gasteiger partial charge in [-0.1, -0.05) is 11.6 Å². The molecule has 1 heterocycles. The van der Waals surface area contributed by atoms with E-state index in [1.807, 2.05) is 0 Å². The predicted octanol–water partition coefficient (Wildman–Crippen LogP) is 2.95. The summed E-state index contributed by atoms with van der Waals surface area (Å²) in [6, 6.07) is 0.799. The summed E-state index contributed by atoms with van der Waals surface area (Å²) in [6.07, 6.45) is 13.7. The molecule has 1 unspecified atom stereocenters. The summed E-state index contributed by atoms with van der Waals surface area (Å²) in [5.74, 6) is 1.000. The van der Waals surface area contributed by atoms with E-state index in [0.29, 0.717) is 0 Å². The van der Waals surface area contributed by atoms with Gasteiger partial charge in [-0.05, 0) is 70.4 Å². The van der Waals surface area contributed by atoms with Gasteiger partial charge in [-0.3, -0.25) is 0 Å². The zero-order valence-corrected chi connectivity index (χ0v) is 11.7. The van der Waals surface area contributed by atoms with Crippen LogP contribution >= 0.6 is 0 Å². The van der Waals surface area contributed by atoms with Crippen molar-refractivity contribution in [3.05, 3.63) is 11.6 Å². The van der Waals surface area contributed by atoms with Gasteiger partial charge in [-0.25, -0.2) is 0 Å². The van der Waals surface area contributed by atoms with Gasteiger partial charge in [0.25, 0.3) is 0 Å². The number of allylic oxidation sites excluding steroid dienone is 1. The second-order valence-electron chi connectivity index (χ2n) is 6.41. The third-order valence-electron chi connectivity index (χ3n) is 4.84. The highest BCUT2D eigenvalue weighted by Gasteiger charge is 2.32. The Morgan fingerprint density at radius 2 is 2.17 bits per heavy atom. The van der Waals surface area contributed by atoms with Gasteiger partial charge < -0.3 is 10.2 Å². The van der Waals surface area contributed by atoms with E-state index < -0.39 is 0 Å². The predicted molar refractivity (Wildman–Crippen MR) is 76.7 cm³/mol. The molecule has 0 spiro atoms. The molecule has 0 bridgehead atoms. The van der Waals surface area contributed by atoms with Crippen LogP contribution in [-0.2, 0) is 0 Å². The zero-order valence-electron chi connectivity index (χ0n) is 11.7. The topological polar surface area (TPSA) is 15.3 Å². The molecule has 1 saturated heterocycles. The lowest BCUT2D eigenvalue weighted by Crippen LogP contribution is -2.39. The van der Waals surface area contributed by atoms with Crippen molar-refractivity contribution < 1.29 is 0 Å². The molecule has 0 aromatic carbocycles. The standard InChI is InChI=1S/C16H28N2/c1-2-5-14(6-3-1)9-12-18-11-4-10-17-16(13-18)15-7-8-15/h5,15-17H,1-4,6-13H2. The van der Waals surface area contributed by atoms with Crippen molar-refractivity contribution in [2.24, 2.45) is 5.92 Å². The molecule has 3 rings (SSSR count). The first kappa shape index (κ1) is 12.7. The molecule has 0 amide bonds. The van der Waals surface area contributed by atoms with Gasteiger partial charge >= 0.3 is 0 Å². The van der Waals surface area contributed by atoms with Gasteiger partial charge in [0.15, 0.2) is 0 Å². The van der Waals surface area contributed by atoms with Gasteiger partial charge in [-0.2, -0.15) is 0 Å². The van der Waals surface area contributed by atoms with Gasteiger partial charge in [0.2, 0.25) is 0 Å². The molecule has 1 aliphatic heterocycles. The molecule has 1 saturated carbocycles. The highest BCUT2D eigenvalue weighted by atomic mass is 15.2. The maximum Gasteiger partial charge on any atom is 0.0223 e. The van der Waals surface area contributed by atoms with Crippen molar-refractivity contribution in [3.63, 3.8) is 0 Å². The smallest absolute Gasteiger partial charge is 0.0223 e.